The predicted octanol–water partition coefficient (Wildman–Crippen LogP) is 2.46. The molecule has 0 spiro atoms. The minimum Gasteiger partial charge on any atom is -0.338 e. The number of benzene rings is 2. The zero-order chi connectivity index (χ0) is 21.0. The van der Waals surface area contributed by atoms with E-state index in [2.05, 4.69) is 47.6 Å². The summed E-state index contributed by atoms with van der Waals surface area (Å²) in [7, 11) is 0. The first kappa shape index (κ1) is 21.3. The van der Waals surface area contributed by atoms with Crippen molar-refractivity contribution in [2.45, 2.75) is 27.7 Å². The van der Waals surface area contributed by atoms with E-state index < -0.39 is 0 Å². The Kier molecular flexibility index (Phi) is 6.87. The standard InChI is InChI=1S/C23H30N4OS/c1-16-8-9-17(2)20(14-16)24-23(29)27-12-10-26(11-13-27)15-21(28)25-22-18(3)6-5-7-19(22)4/h5-9,14H,10-13,15H2,1-4H3,(H,24,29)(H,25,28)/p+1. The SMILES string of the molecule is Cc1ccc(C)c(NC(=S)N2CC[NH+](CC(=O)Nc3c(C)cccc3C)CC2)c1. The van der Waals surface area contributed by atoms with Crippen LogP contribution >= 0.6 is 12.2 Å². The van der Waals surface area contributed by atoms with Crippen LogP contribution in [0.2, 0.25) is 0 Å². The van der Waals surface area contributed by atoms with Gasteiger partial charge in [0.25, 0.3) is 5.91 Å². The third kappa shape index (κ3) is 5.55. The Labute approximate surface area is 179 Å². The molecule has 6 heteroatoms. The molecule has 0 radical (unpaired) electrons. The molecule has 0 bridgehead atoms. The van der Waals surface area contributed by atoms with Crippen molar-refractivity contribution in [3.63, 3.8) is 0 Å². The predicted molar refractivity (Wildman–Crippen MR) is 124 cm³/mol. The summed E-state index contributed by atoms with van der Waals surface area (Å²) >= 11 is 5.63. The Bertz CT molecular complexity index is 883. The number of quaternary nitrogens is 1. The molecule has 3 N–H and O–H groups in total. The highest BCUT2D eigenvalue weighted by Gasteiger charge is 2.24. The highest BCUT2D eigenvalue weighted by molar-refractivity contribution is 7.80. The number of hydrogen-bond donors (Lipinski definition) is 3. The zero-order valence-corrected chi connectivity index (χ0v) is 18.6. The number of thiocarbonyl (C=S) groups is 1. The second-order valence-electron chi connectivity index (χ2n) is 7.98. The second kappa shape index (κ2) is 9.37. The maximum atomic E-state index is 12.5. The van der Waals surface area contributed by atoms with Gasteiger partial charge in [-0.25, -0.2) is 0 Å². The number of carbonyl (C=O) groups is 1. The van der Waals surface area contributed by atoms with E-state index in [1.165, 1.54) is 16.0 Å². The van der Waals surface area contributed by atoms with Gasteiger partial charge in [-0.05, 0) is 68.2 Å². The van der Waals surface area contributed by atoms with Crippen LogP contribution in [0, 0.1) is 27.7 Å². The van der Waals surface area contributed by atoms with Gasteiger partial charge in [-0.1, -0.05) is 30.3 Å². The molecule has 154 valence electrons. The van der Waals surface area contributed by atoms with Crippen LogP contribution in [-0.4, -0.2) is 48.6 Å². The maximum Gasteiger partial charge on any atom is 0.279 e. The third-order valence-electron chi connectivity index (χ3n) is 5.55. The molecule has 2 aromatic carbocycles. The van der Waals surface area contributed by atoms with Crippen molar-refractivity contribution < 1.29 is 9.69 Å². The fraction of sp³-hybridized carbons (Fsp3) is 0.391. The highest BCUT2D eigenvalue weighted by Crippen LogP contribution is 2.19. The highest BCUT2D eigenvalue weighted by atomic mass is 32.1. The van der Waals surface area contributed by atoms with E-state index in [-0.39, 0.29) is 5.91 Å². The molecule has 0 unspecified atom stereocenters. The molecule has 0 saturated carbocycles. The lowest BCUT2D eigenvalue weighted by molar-refractivity contribution is -0.895. The van der Waals surface area contributed by atoms with Crippen molar-refractivity contribution in [1.29, 1.82) is 0 Å². The van der Waals surface area contributed by atoms with Crippen molar-refractivity contribution in [2.75, 3.05) is 43.4 Å². The fourth-order valence-electron chi connectivity index (χ4n) is 3.69. The van der Waals surface area contributed by atoms with Crippen LogP contribution in [0.25, 0.3) is 0 Å². The van der Waals surface area contributed by atoms with E-state index in [4.69, 9.17) is 12.2 Å². The molecule has 1 fully saturated rings. The fourth-order valence-corrected chi connectivity index (χ4v) is 3.98. The number of piperazine rings is 1. The van der Waals surface area contributed by atoms with E-state index >= 15 is 0 Å². The second-order valence-corrected chi connectivity index (χ2v) is 8.36. The van der Waals surface area contributed by atoms with Gasteiger partial charge in [0.1, 0.15) is 0 Å². The summed E-state index contributed by atoms with van der Waals surface area (Å²) < 4.78 is 0. The molecule has 0 atom stereocenters. The average molecular weight is 412 g/mol. The Balaban J connectivity index is 1.49. The number of nitrogens with zero attached hydrogens (tertiary/aromatic N) is 1. The molecule has 29 heavy (non-hydrogen) atoms. The Hall–Kier alpha value is -2.44. The quantitative estimate of drug-likeness (QED) is 0.677. The van der Waals surface area contributed by atoms with Gasteiger partial charge in [0.05, 0.1) is 26.2 Å². The van der Waals surface area contributed by atoms with Gasteiger partial charge in [-0.2, -0.15) is 0 Å². The number of amides is 1. The summed E-state index contributed by atoms with van der Waals surface area (Å²) in [6.45, 7) is 12.2. The molecular formula is C23H31N4OS+. The summed E-state index contributed by atoms with van der Waals surface area (Å²) in [6, 6.07) is 12.4. The van der Waals surface area contributed by atoms with Gasteiger partial charge >= 0.3 is 0 Å². The number of rotatable bonds is 4. The van der Waals surface area contributed by atoms with Crippen LogP contribution in [0.15, 0.2) is 36.4 Å². The van der Waals surface area contributed by atoms with Crippen molar-refractivity contribution in [2.24, 2.45) is 0 Å². The number of anilines is 2. The molecule has 0 aromatic heterocycles. The Morgan fingerprint density at radius 3 is 2.31 bits per heavy atom. The van der Waals surface area contributed by atoms with E-state index in [1.54, 1.807) is 0 Å². The number of hydrogen-bond acceptors (Lipinski definition) is 2. The van der Waals surface area contributed by atoms with Crippen LogP contribution in [0.5, 0.6) is 0 Å². The lowest BCUT2D eigenvalue weighted by atomic mass is 10.1. The van der Waals surface area contributed by atoms with Gasteiger partial charge in [0, 0.05) is 11.4 Å². The smallest absolute Gasteiger partial charge is 0.279 e. The van der Waals surface area contributed by atoms with Crippen molar-refractivity contribution in [1.82, 2.24) is 4.90 Å². The van der Waals surface area contributed by atoms with Gasteiger partial charge < -0.3 is 20.4 Å². The largest absolute Gasteiger partial charge is 0.338 e. The van der Waals surface area contributed by atoms with E-state index in [0.717, 1.165) is 53.8 Å². The molecule has 1 aliphatic rings. The number of para-hydroxylation sites is 1. The van der Waals surface area contributed by atoms with Crippen LogP contribution in [0.4, 0.5) is 11.4 Å². The van der Waals surface area contributed by atoms with Gasteiger partial charge in [0.2, 0.25) is 0 Å². The third-order valence-corrected chi connectivity index (χ3v) is 5.91. The Morgan fingerprint density at radius 1 is 1.00 bits per heavy atom. The molecule has 3 rings (SSSR count). The first-order chi connectivity index (χ1) is 13.8. The Morgan fingerprint density at radius 2 is 1.66 bits per heavy atom. The summed E-state index contributed by atoms with van der Waals surface area (Å²) in [5.74, 6) is 0.0712. The number of nitrogens with one attached hydrogen (secondary N) is 3. The zero-order valence-electron chi connectivity index (χ0n) is 17.8. The first-order valence-electron chi connectivity index (χ1n) is 10.2. The van der Waals surface area contributed by atoms with Crippen molar-refractivity contribution >= 4 is 34.6 Å². The van der Waals surface area contributed by atoms with E-state index in [1.807, 2.05) is 32.0 Å². The van der Waals surface area contributed by atoms with E-state index in [9.17, 15) is 4.79 Å². The van der Waals surface area contributed by atoms with Crippen LogP contribution in [-0.2, 0) is 4.79 Å². The lowest BCUT2D eigenvalue weighted by Crippen LogP contribution is -3.15. The van der Waals surface area contributed by atoms with Gasteiger partial charge in [-0.15, -0.1) is 0 Å². The molecule has 1 heterocycles. The molecule has 2 aromatic rings. The van der Waals surface area contributed by atoms with Crippen LogP contribution < -0.4 is 15.5 Å². The van der Waals surface area contributed by atoms with Gasteiger partial charge in [0.15, 0.2) is 11.7 Å². The normalized spacial score (nSPS) is 14.6. The van der Waals surface area contributed by atoms with Crippen molar-refractivity contribution in [3.8, 4) is 0 Å². The monoisotopic (exact) mass is 411 g/mol. The lowest BCUT2D eigenvalue weighted by Gasteiger charge is -2.33. The van der Waals surface area contributed by atoms with Gasteiger partial charge in [-0.3, -0.25) is 4.79 Å². The first-order valence-corrected chi connectivity index (χ1v) is 10.6. The maximum absolute atomic E-state index is 12.5. The summed E-state index contributed by atoms with van der Waals surface area (Å²) in [5.41, 5.74) is 6.60. The van der Waals surface area contributed by atoms with Crippen LogP contribution in [0.3, 0.4) is 0 Å². The minimum atomic E-state index is 0.0712. The summed E-state index contributed by atoms with van der Waals surface area (Å²) in [4.78, 5) is 16.0. The summed E-state index contributed by atoms with van der Waals surface area (Å²) in [6.07, 6.45) is 0. The van der Waals surface area contributed by atoms with E-state index in [0.29, 0.717) is 6.54 Å². The minimum absolute atomic E-state index is 0.0712. The van der Waals surface area contributed by atoms with Crippen LogP contribution in [0.1, 0.15) is 22.3 Å². The molecule has 5 nitrogen and oxygen atoms in total. The molecule has 0 aliphatic carbocycles. The number of aryl methyl sites for hydroxylation is 4. The molecule has 1 aliphatic heterocycles. The summed E-state index contributed by atoms with van der Waals surface area (Å²) in [5, 5.41) is 7.24. The number of carbonyl (C=O) groups excluding carboxylic acids is 1. The van der Waals surface area contributed by atoms with Crippen molar-refractivity contribution in [3.05, 3.63) is 58.7 Å². The molecule has 1 amide bonds. The topological polar surface area (TPSA) is 48.8 Å². The molecular weight excluding hydrogens is 380 g/mol. The molecule has 1 saturated heterocycles. The average Bonchev–Trinajstić information content (AvgIpc) is 2.68.